The Kier molecular flexibility index (Phi) is 5.33. The smallest absolute Gasteiger partial charge is 0.122 e. The van der Waals surface area contributed by atoms with Crippen molar-refractivity contribution in [3.63, 3.8) is 0 Å². The number of aryl methyl sites for hydroxylation is 1. The van der Waals surface area contributed by atoms with Crippen LogP contribution in [-0.4, -0.2) is 20.7 Å². The predicted octanol–water partition coefficient (Wildman–Crippen LogP) is 2.97. The quantitative estimate of drug-likeness (QED) is 0.746. The van der Waals surface area contributed by atoms with Gasteiger partial charge in [-0.1, -0.05) is 26.0 Å². The van der Waals surface area contributed by atoms with Crippen LogP contribution >= 0.6 is 0 Å². The van der Waals surface area contributed by atoms with Crippen LogP contribution in [0.2, 0.25) is 0 Å². The van der Waals surface area contributed by atoms with Crippen LogP contribution in [0.25, 0.3) is 0 Å². The van der Waals surface area contributed by atoms with Gasteiger partial charge in [0.1, 0.15) is 5.75 Å². The highest BCUT2D eigenvalue weighted by molar-refractivity contribution is 5.38. The molecule has 1 N–H and O–H groups in total. The summed E-state index contributed by atoms with van der Waals surface area (Å²) < 4.78 is 5.39. The number of methoxy groups -OCH3 is 1. The average molecular weight is 221 g/mol. The number of nitrogens with one attached hydrogen (secondary N) is 1. The Morgan fingerprint density at radius 1 is 1.31 bits per heavy atom. The molecule has 0 aliphatic rings. The number of ether oxygens (including phenoxy) is 1. The zero-order valence-electron chi connectivity index (χ0n) is 10.8. The van der Waals surface area contributed by atoms with Crippen molar-refractivity contribution in [2.45, 2.75) is 32.6 Å². The van der Waals surface area contributed by atoms with Gasteiger partial charge in [0.25, 0.3) is 0 Å². The van der Waals surface area contributed by atoms with Gasteiger partial charge in [0, 0.05) is 0 Å². The summed E-state index contributed by atoms with van der Waals surface area (Å²) in [6, 6.07) is 6.52. The monoisotopic (exact) mass is 221 g/mol. The molecule has 0 amide bonds. The zero-order chi connectivity index (χ0) is 12.0. The molecule has 0 saturated heterocycles. The van der Waals surface area contributed by atoms with Gasteiger partial charge < -0.3 is 10.1 Å². The Labute approximate surface area is 99.0 Å². The van der Waals surface area contributed by atoms with Gasteiger partial charge in [-0.05, 0) is 49.5 Å². The topological polar surface area (TPSA) is 21.3 Å². The lowest BCUT2D eigenvalue weighted by molar-refractivity contribution is 0.408. The van der Waals surface area contributed by atoms with Gasteiger partial charge in [0.2, 0.25) is 0 Å². The maximum atomic E-state index is 5.39. The molecular weight excluding hydrogens is 198 g/mol. The molecule has 0 saturated carbocycles. The van der Waals surface area contributed by atoms with E-state index in [1.54, 1.807) is 7.11 Å². The minimum absolute atomic E-state index is 0.578. The van der Waals surface area contributed by atoms with E-state index in [0.29, 0.717) is 5.92 Å². The Morgan fingerprint density at radius 3 is 2.62 bits per heavy atom. The van der Waals surface area contributed by atoms with Gasteiger partial charge in [-0.3, -0.25) is 0 Å². The summed E-state index contributed by atoms with van der Waals surface area (Å²) in [5.74, 6) is 1.59. The van der Waals surface area contributed by atoms with E-state index in [4.69, 9.17) is 4.74 Å². The number of hydrogen-bond acceptors (Lipinski definition) is 2. The van der Waals surface area contributed by atoms with Gasteiger partial charge in [0.15, 0.2) is 0 Å². The summed E-state index contributed by atoms with van der Waals surface area (Å²) in [4.78, 5) is 0. The first kappa shape index (κ1) is 13.0. The predicted molar refractivity (Wildman–Crippen MR) is 69.3 cm³/mol. The molecule has 0 heterocycles. The summed E-state index contributed by atoms with van der Waals surface area (Å²) in [6.45, 7) is 5.49. The largest absolute Gasteiger partial charge is 0.496 e. The molecule has 0 radical (unpaired) electrons. The lowest BCUT2D eigenvalue weighted by Crippen LogP contribution is -2.08. The van der Waals surface area contributed by atoms with Gasteiger partial charge in [0.05, 0.1) is 7.11 Å². The first-order chi connectivity index (χ1) is 7.69. The highest BCUT2D eigenvalue weighted by Crippen LogP contribution is 2.25. The van der Waals surface area contributed by atoms with Gasteiger partial charge in [-0.2, -0.15) is 0 Å². The molecule has 0 spiro atoms. The summed E-state index contributed by atoms with van der Waals surface area (Å²) in [7, 11) is 3.73. The van der Waals surface area contributed by atoms with Crippen molar-refractivity contribution in [2.24, 2.45) is 0 Å². The molecule has 2 nitrogen and oxygen atoms in total. The van der Waals surface area contributed by atoms with Crippen molar-refractivity contribution in [2.75, 3.05) is 20.7 Å². The lowest BCUT2D eigenvalue weighted by Gasteiger charge is -2.12. The van der Waals surface area contributed by atoms with Crippen LogP contribution in [0.1, 0.15) is 37.3 Å². The second-order valence-corrected chi connectivity index (χ2v) is 4.43. The SMILES string of the molecule is CNCCCc1cc(C(C)C)ccc1OC. The van der Waals surface area contributed by atoms with Crippen LogP contribution < -0.4 is 10.1 Å². The average Bonchev–Trinajstić information content (AvgIpc) is 2.29. The third-order valence-electron chi connectivity index (χ3n) is 2.84. The molecular formula is C14H23NO. The molecule has 1 aromatic carbocycles. The van der Waals surface area contributed by atoms with Crippen molar-refractivity contribution in [3.05, 3.63) is 29.3 Å². The Morgan fingerprint density at radius 2 is 2.06 bits per heavy atom. The Bertz CT molecular complexity index is 321. The Balaban J connectivity index is 2.80. The van der Waals surface area contributed by atoms with Crippen molar-refractivity contribution in [3.8, 4) is 5.75 Å². The van der Waals surface area contributed by atoms with Crippen LogP contribution in [0.5, 0.6) is 5.75 Å². The van der Waals surface area contributed by atoms with Crippen molar-refractivity contribution >= 4 is 0 Å². The van der Waals surface area contributed by atoms with E-state index in [1.165, 1.54) is 11.1 Å². The molecule has 0 aliphatic heterocycles. The molecule has 1 aromatic rings. The first-order valence-corrected chi connectivity index (χ1v) is 6.00. The van der Waals surface area contributed by atoms with Crippen LogP contribution in [-0.2, 0) is 6.42 Å². The molecule has 2 heteroatoms. The molecule has 0 fully saturated rings. The van der Waals surface area contributed by atoms with Gasteiger partial charge >= 0.3 is 0 Å². The summed E-state index contributed by atoms with van der Waals surface area (Å²) in [6.07, 6.45) is 2.22. The summed E-state index contributed by atoms with van der Waals surface area (Å²) in [5.41, 5.74) is 2.71. The molecule has 16 heavy (non-hydrogen) atoms. The van der Waals surface area contributed by atoms with E-state index in [-0.39, 0.29) is 0 Å². The second-order valence-electron chi connectivity index (χ2n) is 4.43. The molecule has 0 aromatic heterocycles. The standard InChI is InChI=1S/C14H23NO/c1-11(2)12-7-8-14(16-4)13(10-12)6-5-9-15-3/h7-8,10-11,15H,5-6,9H2,1-4H3. The van der Waals surface area contributed by atoms with Gasteiger partial charge in [-0.15, -0.1) is 0 Å². The highest BCUT2D eigenvalue weighted by Gasteiger charge is 2.06. The molecule has 90 valence electrons. The third-order valence-corrected chi connectivity index (χ3v) is 2.84. The number of hydrogen-bond donors (Lipinski definition) is 1. The first-order valence-electron chi connectivity index (χ1n) is 6.00. The second kappa shape index (κ2) is 6.54. The minimum atomic E-state index is 0.578. The van der Waals surface area contributed by atoms with E-state index in [2.05, 4.69) is 37.4 Å². The van der Waals surface area contributed by atoms with E-state index >= 15 is 0 Å². The zero-order valence-corrected chi connectivity index (χ0v) is 10.8. The number of rotatable bonds is 6. The van der Waals surface area contributed by atoms with E-state index in [9.17, 15) is 0 Å². The summed E-state index contributed by atoms with van der Waals surface area (Å²) >= 11 is 0. The van der Waals surface area contributed by atoms with Crippen LogP contribution in [0.4, 0.5) is 0 Å². The fourth-order valence-corrected chi connectivity index (χ4v) is 1.81. The number of benzene rings is 1. The third kappa shape index (κ3) is 3.53. The normalized spacial score (nSPS) is 10.8. The van der Waals surface area contributed by atoms with Crippen LogP contribution in [0.15, 0.2) is 18.2 Å². The van der Waals surface area contributed by atoms with E-state index in [1.807, 2.05) is 7.05 Å². The molecule has 0 unspecified atom stereocenters. The van der Waals surface area contributed by atoms with Crippen molar-refractivity contribution in [1.82, 2.24) is 5.32 Å². The fourth-order valence-electron chi connectivity index (χ4n) is 1.81. The van der Waals surface area contributed by atoms with Gasteiger partial charge in [-0.25, -0.2) is 0 Å². The minimum Gasteiger partial charge on any atom is -0.496 e. The Hall–Kier alpha value is -1.02. The summed E-state index contributed by atoms with van der Waals surface area (Å²) in [5, 5.41) is 3.17. The molecule has 1 rings (SSSR count). The molecule has 0 bridgehead atoms. The molecule has 0 atom stereocenters. The molecule has 0 aliphatic carbocycles. The lowest BCUT2D eigenvalue weighted by atomic mass is 9.98. The fraction of sp³-hybridized carbons (Fsp3) is 0.571. The van der Waals surface area contributed by atoms with Crippen LogP contribution in [0.3, 0.4) is 0 Å². The van der Waals surface area contributed by atoms with Crippen LogP contribution in [0, 0.1) is 0 Å². The maximum Gasteiger partial charge on any atom is 0.122 e. The maximum absolute atomic E-state index is 5.39. The van der Waals surface area contributed by atoms with Crippen molar-refractivity contribution < 1.29 is 4.74 Å². The van der Waals surface area contributed by atoms with Crippen molar-refractivity contribution in [1.29, 1.82) is 0 Å². The van der Waals surface area contributed by atoms with E-state index < -0.39 is 0 Å². The highest BCUT2D eigenvalue weighted by atomic mass is 16.5. The van der Waals surface area contributed by atoms with E-state index in [0.717, 1.165) is 25.1 Å².